The van der Waals surface area contributed by atoms with Gasteiger partial charge in [-0.3, -0.25) is 24.5 Å². The minimum atomic E-state index is -0.466. The third kappa shape index (κ3) is 1.75. The number of benzene rings is 1. The highest BCUT2D eigenvalue weighted by atomic mass is 16.2. The molecule has 3 amide bonds. The highest BCUT2D eigenvalue weighted by Crippen LogP contribution is 2.28. The van der Waals surface area contributed by atoms with E-state index in [0.717, 1.165) is 6.29 Å². The highest BCUT2D eigenvalue weighted by Gasteiger charge is 2.26. The molecule has 0 aliphatic carbocycles. The number of amides is 3. The summed E-state index contributed by atoms with van der Waals surface area (Å²) in [6.07, 6.45) is 0.981. The first-order chi connectivity index (χ1) is 9.61. The first-order valence-corrected chi connectivity index (χ1v) is 6.14. The van der Waals surface area contributed by atoms with Gasteiger partial charge < -0.3 is 0 Å². The highest BCUT2D eigenvalue weighted by molar-refractivity contribution is 6.10. The van der Waals surface area contributed by atoms with Gasteiger partial charge in [-0.1, -0.05) is 12.1 Å². The number of hydrogen-bond acceptors (Lipinski definition) is 4. The molecular weight excluding hydrogens is 260 g/mol. The zero-order valence-electron chi connectivity index (χ0n) is 10.8. The number of anilines is 1. The zero-order valence-corrected chi connectivity index (χ0v) is 10.8. The molecule has 1 aliphatic heterocycles. The first-order valence-electron chi connectivity index (χ1n) is 6.14. The number of imide groups is 1. The van der Waals surface area contributed by atoms with Crippen LogP contribution >= 0.6 is 0 Å². The minimum Gasteiger partial charge on any atom is -0.296 e. The SMILES string of the molecule is Cn1nc2c(N3CCC(=O)NC3=O)cccc2c1C=O. The fourth-order valence-corrected chi connectivity index (χ4v) is 2.37. The molecule has 0 atom stereocenters. The van der Waals surface area contributed by atoms with Crippen LogP contribution in [0, 0.1) is 0 Å². The summed E-state index contributed by atoms with van der Waals surface area (Å²) in [4.78, 5) is 35.7. The number of urea groups is 1. The summed E-state index contributed by atoms with van der Waals surface area (Å²) in [5.41, 5.74) is 1.62. The molecule has 7 heteroatoms. The third-order valence-electron chi connectivity index (χ3n) is 3.35. The smallest absolute Gasteiger partial charge is 0.296 e. The molecular formula is C13H12N4O3. The van der Waals surface area contributed by atoms with Gasteiger partial charge in [-0.05, 0) is 6.07 Å². The molecule has 1 aromatic heterocycles. The summed E-state index contributed by atoms with van der Waals surface area (Å²) in [5.74, 6) is -0.284. The van der Waals surface area contributed by atoms with Gasteiger partial charge in [0.15, 0.2) is 6.29 Å². The Labute approximate surface area is 114 Å². The Bertz CT molecular complexity index is 735. The van der Waals surface area contributed by atoms with E-state index in [1.54, 1.807) is 25.2 Å². The maximum absolute atomic E-state index is 11.9. The zero-order chi connectivity index (χ0) is 14.3. The van der Waals surface area contributed by atoms with Crippen LogP contribution in [-0.4, -0.2) is 34.5 Å². The van der Waals surface area contributed by atoms with E-state index < -0.39 is 6.03 Å². The van der Waals surface area contributed by atoms with Crippen molar-refractivity contribution in [2.24, 2.45) is 7.05 Å². The predicted molar refractivity (Wildman–Crippen MR) is 71.6 cm³/mol. The van der Waals surface area contributed by atoms with Crippen molar-refractivity contribution < 1.29 is 14.4 Å². The van der Waals surface area contributed by atoms with E-state index in [2.05, 4.69) is 10.4 Å². The molecule has 0 saturated carbocycles. The Balaban J connectivity index is 2.15. The molecule has 1 aromatic carbocycles. The van der Waals surface area contributed by atoms with Gasteiger partial charge in [-0.25, -0.2) is 4.79 Å². The lowest BCUT2D eigenvalue weighted by atomic mass is 10.1. The molecule has 1 saturated heterocycles. The van der Waals surface area contributed by atoms with Crippen molar-refractivity contribution in [3.8, 4) is 0 Å². The number of hydrogen-bond donors (Lipinski definition) is 1. The van der Waals surface area contributed by atoms with Crippen LogP contribution in [0.5, 0.6) is 0 Å². The van der Waals surface area contributed by atoms with Gasteiger partial charge in [-0.2, -0.15) is 5.10 Å². The van der Waals surface area contributed by atoms with E-state index in [1.165, 1.54) is 9.58 Å². The van der Waals surface area contributed by atoms with Crippen molar-refractivity contribution in [1.29, 1.82) is 0 Å². The van der Waals surface area contributed by atoms with E-state index in [0.29, 0.717) is 28.8 Å². The topological polar surface area (TPSA) is 84.3 Å². The summed E-state index contributed by atoms with van der Waals surface area (Å²) in [5, 5.41) is 7.25. The summed E-state index contributed by atoms with van der Waals surface area (Å²) in [6.45, 7) is 0.302. The number of aldehydes is 1. The van der Waals surface area contributed by atoms with Crippen LogP contribution in [0.25, 0.3) is 10.9 Å². The number of aromatic nitrogens is 2. The maximum atomic E-state index is 11.9. The second-order valence-electron chi connectivity index (χ2n) is 4.55. The lowest BCUT2D eigenvalue weighted by Gasteiger charge is -2.26. The van der Waals surface area contributed by atoms with E-state index in [-0.39, 0.29) is 12.3 Å². The van der Waals surface area contributed by atoms with Crippen molar-refractivity contribution in [2.45, 2.75) is 6.42 Å². The fourth-order valence-electron chi connectivity index (χ4n) is 2.37. The Kier molecular flexibility index (Phi) is 2.74. The van der Waals surface area contributed by atoms with Gasteiger partial charge in [0.05, 0.1) is 5.69 Å². The van der Waals surface area contributed by atoms with Crippen molar-refractivity contribution in [3.63, 3.8) is 0 Å². The minimum absolute atomic E-state index is 0.246. The van der Waals surface area contributed by atoms with Gasteiger partial charge in [0.25, 0.3) is 0 Å². The van der Waals surface area contributed by atoms with Gasteiger partial charge in [0.1, 0.15) is 11.2 Å². The van der Waals surface area contributed by atoms with Crippen LogP contribution in [0.1, 0.15) is 16.9 Å². The Morgan fingerprint density at radius 2 is 2.15 bits per heavy atom. The third-order valence-corrected chi connectivity index (χ3v) is 3.35. The number of carbonyl (C=O) groups is 3. The van der Waals surface area contributed by atoms with Crippen LogP contribution in [0.4, 0.5) is 10.5 Å². The second kappa shape index (κ2) is 4.44. The van der Waals surface area contributed by atoms with Crippen LogP contribution in [0.2, 0.25) is 0 Å². The van der Waals surface area contributed by atoms with E-state index >= 15 is 0 Å². The van der Waals surface area contributed by atoms with Gasteiger partial charge in [-0.15, -0.1) is 0 Å². The fraction of sp³-hybridized carbons (Fsp3) is 0.231. The average Bonchev–Trinajstić information content (AvgIpc) is 2.74. The molecule has 20 heavy (non-hydrogen) atoms. The van der Waals surface area contributed by atoms with Crippen molar-refractivity contribution in [3.05, 3.63) is 23.9 Å². The molecule has 0 radical (unpaired) electrons. The predicted octanol–water partition coefficient (Wildman–Crippen LogP) is 0.832. The summed E-state index contributed by atoms with van der Waals surface area (Å²) in [6, 6.07) is 4.82. The molecule has 0 spiro atoms. The summed E-state index contributed by atoms with van der Waals surface area (Å²) < 4.78 is 1.48. The van der Waals surface area contributed by atoms with Crippen LogP contribution < -0.4 is 10.2 Å². The van der Waals surface area contributed by atoms with Crippen LogP contribution in [0.15, 0.2) is 18.2 Å². The van der Waals surface area contributed by atoms with Crippen LogP contribution in [-0.2, 0) is 11.8 Å². The average molecular weight is 272 g/mol. The molecule has 7 nitrogen and oxygen atoms in total. The van der Waals surface area contributed by atoms with Gasteiger partial charge in [0.2, 0.25) is 5.91 Å². The molecule has 1 N–H and O–H groups in total. The molecule has 0 unspecified atom stereocenters. The van der Waals surface area contributed by atoms with E-state index in [9.17, 15) is 14.4 Å². The van der Waals surface area contributed by atoms with Crippen molar-refractivity contribution >= 4 is 34.8 Å². The second-order valence-corrected chi connectivity index (χ2v) is 4.55. The molecule has 1 aliphatic rings. The number of carbonyl (C=O) groups excluding carboxylic acids is 3. The van der Waals surface area contributed by atoms with E-state index in [4.69, 9.17) is 0 Å². The number of aryl methyl sites for hydroxylation is 1. The largest absolute Gasteiger partial charge is 0.328 e. The normalized spacial score (nSPS) is 15.6. The lowest BCUT2D eigenvalue weighted by Crippen LogP contribution is -2.49. The molecule has 2 heterocycles. The number of fused-ring (bicyclic) bond motifs is 1. The first kappa shape index (κ1) is 12.3. The molecule has 0 bridgehead atoms. The monoisotopic (exact) mass is 272 g/mol. The lowest BCUT2D eigenvalue weighted by molar-refractivity contribution is -0.120. The molecule has 3 rings (SSSR count). The summed E-state index contributed by atoms with van der Waals surface area (Å²) >= 11 is 0. The molecule has 102 valence electrons. The molecule has 1 fully saturated rings. The Morgan fingerprint density at radius 1 is 1.35 bits per heavy atom. The number of nitrogens with one attached hydrogen (secondary N) is 1. The molecule has 2 aromatic rings. The number of nitrogens with zero attached hydrogens (tertiary/aromatic N) is 3. The standard InChI is InChI=1S/C13H12N4O3/c1-16-10(7-18)8-3-2-4-9(12(8)15-16)17-6-5-11(19)14-13(17)20/h2-4,7H,5-6H2,1H3,(H,14,19,20). The van der Waals surface area contributed by atoms with Gasteiger partial charge in [0, 0.05) is 25.4 Å². The van der Waals surface area contributed by atoms with Crippen molar-refractivity contribution in [2.75, 3.05) is 11.4 Å². The van der Waals surface area contributed by atoms with Crippen molar-refractivity contribution in [1.82, 2.24) is 15.1 Å². The van der Waals surface area contributed by atoms with Gasteiger partial charge >= 0.3 is 6.03 Å². The number of rotatable bonds is 2. The quantitative estimate of drug-likeness (QED) is 0.821. The summed E-state index contributed by atoms with van der Waals surface area (Å²) in [7, 11) is 1.67. The van der Waals surface area contributed by atoms with E-state index in [1.807, 2.05) is 0 Å². The van der Waals surface area contributed by atoms with Crippen LogP contribution in [0.3, 0.4) is 0 Å². The maximum Gasteiger partial charge on any atom is 0.328 e. The Morgan fingerprint density at radius 3 is 2.85 bits per heavy atom. The Hall–Kier alpha value is -2.70.